The van der Waals surface area contributed by atoms with Gasteiger partial charge in [0.05, 0.1) is 31.5 Å². The molecule has 4 N–H and O–H groups in total. The van der Waals surface area contributed by atoms with E-state index in [0.29, 0.717) is 22.5 Å². The van der Waals surface area contributed by atoms with E-state index in [2.05, 4.69) is 10.6 Å². The molecule has 2 aromatic carbocycles. The van der Waals surface area contributed by atoms with Gasteiger partial charge in [0.1, 0.15) is 0 Å². The van der Waals surface area contributed by atoms with Crippen molar-refractivity contribution in [2.75, 3.05) is 44.7 Å². The lowest BCUT2D eigenvalue weighted by Gasteiger charge is -2.25. The Morgan fingerprint density at radius 2 is 1.39 bits per heavy atom. The molecule has 1 unspecified atom stereocenters. The van der Waals surface area contributed by atoms with Gasteiger partial charge >= 0.3 is 0 Å². The highest BCUT2D eigenvalue weighted by atomic mass is 16.7. The number of hydrogen-bond acceptors (Lipinski definition) is 7. The monoisotopic (exact) mass is 527 g/mol. The number of nitrogens with zero attached hydrogens (tertiary/aromatic N) is 2. The number of hydrogen-bond donors (Lipinski definition) is 3. The van der Waals surface area contributed by atoms with E-state index in [9.17, 15) is 14.4 Å². The van der Waals surface area contributed by atoms with Gasteiger partial charge in [0.15, 0.2) is 0 Å². The summed E-state index contributed by atoms with van der Waals surface area (Å²) in [5, 5.41) is 8.44. The molecular formula is C28H41N5O5. The van der Waals surface area contributed by atoms with Crippen LogP contribution in [0.2, 0.25) is 0 Å². The molecular weight excluding hydrogens is 486 g/mol. The van der Waals surface area contributed by atoms with Crippen LogP contribution in [0.15, 0.2) is 36.4 Å². The van der Waals surface area contributed by atoms with E-state index in [4.69, 9.17) is 15.4 Å². The van der Waals surface area contributed by atoms with Crippen molar-refractivity contribution in [3.8, 4) is 0 Å². The highest BCUT2D eigenvalue weighted by Crippen LogP contribution is 2.43. The number of carbonyl (C=O) groups excluding carboxylic acids is 3. The quantitative estimate of drug-likeness (QED) is 0.386. The molecule has 0 bridgehead atoms. The molecule has 38 heavy (non-hydrogen) atoms. The van der Waals surface area contributed by atoms with E-state index in [1.54, 1.807) is 44.4 Å². The fourth-order valence-corrected chi connectivity index (χ4v) is 4.00. The van der Waals surface area contributed by atoms with E-state index in [1.807, 2.05) is 47.6 Å². The highest BCUT2D eigenvalue weighted by molar-refractivity contribution is 6.05. The molecule has 3 rings (SSSR count). The smallest absolute Gasteiger partial charge is 0.277 e. The normalized spacial score (nSPS) is 14.6. The van der Waals surface area contributed by atoms with Crippen LogP contribution in [0.1, 0.15) is 73.7 Å². The number of carbonyl (C=O) groups is 3. The fourth-order valence-electron chi connectivity index (χ4n) is 4.00. The number of hydroxylamine groups is 4. The molecule has 1 heterocycles. The van der Waals surface area contributed by atoms with Gasteiger partial charge in [-0.05, 0) is 62.1 Å². The summed E-state index contributed by atoms with van der Waals surface area (Å²) >= 11 is 0. The van der Waals surface area contributed by atoms with Crippen molar-refractivity contribution in [2.45, 2.75) is 53.0 Å². The SMILES string of the molecule is CON(C)C(=O)c1ccc(NC(C)(C)C)c(N)c1.CON(C)C(=O)c1ccc2c(c1)NC(=O)C2C(C)(C)C. The number of amides is 3. The fraction of sp³-hybridized carbons (Fsp3) is 0.464. The zero-order valence-electron chi connectivity index (χ0n) is 24.1. The summed E-state index contributed by atoms with van der Waals surface area (Å²) < 4.78 is 0. The molecule has 0 fully saturated rings. The second-order valence-corrected chi connectivity index (χ2v) is 11.2. The van der Waals surface area contributed by atoms with Gasteiger partial charge in [-0.1, -0.05) is 26.8 Å². The van der Waals surface area contributed by atoms with Gasteiger partial charge in [-0.25, -0.2) is 10.1 Å². The van der Waals surface area contributed by atoms with Crippen molar-refractivity contribution in [3.63, 3.8) is 0 Å². The molecule has 0 spiro atoms. The van der Waals surface area contributed by atoms with E-state index >= 15 is 0 Å². The van der Waals surface area contributed by atoms with Crippen molar-refractivity contribution in [2.24, 2.45) is 5.41 Å². The third kappa shape index (κ3) is 7.45. The summed E-state index contributed by atoms with van der Waals surface area (Å²) in [5.41, 5.74) is 9.69. The van der Waals surface area contributed by atoms with Gasteiger partial charge in [0, 0.05) is 36.4 Å². The van der Waals surface area contributed by atoms with Gasteiger partial charge in [-0.2, -0.15) is 0 Å². The van der Waals surface area contributed by atoms with Crippen molar-refractivity contribution in [1.29, 1.82) is 0 Å². The zero-order valence-corrected chi connectivity index (χ0v) is 24.1. The molecule has 0 aromatic heterocycles. The standard InChI is InChI=1S/C15H20N2O3.C13H21N3O2/c1-15(2,3)12-10-7-6-9(14(19)17(4)20-5)8-11(10)16-13(12)18;1-13(2,3)15-11-7-6-9(8-10(11)14)12(17)16(4)18-5/h6-8,12H,1-5H3,(H,16,18);6-8,15H,14H2,1-5H3. The molecule has 10 heteroatoms. The van der Waals surface area contributed by atoms with Crippen LogP contribution >= 0.6 is 0 Å². The lowest BCUT2D eigenvalue weighted by Crippen LogP contribution is -2.27. The predicted octanol–water partition coefficient (Wildman–Crippen LogP) is 4.51. The molecule has 10 nitrogen and oxygen atoms in total. The molecule has 1 aliphatic rings. The Morgan fingerprint density at radius 1 is 0.895 bits per heavy atom. The van der Waals surface area contributed by atoms with E-state index < -0.39 is 0 Å². The minimum atomic E-state index is -0.247. The Labute approximate surface area is 225 Å². The second kappa shape index (κ2) is 11.8. The predicted molar refractivity (Wildman–Crippen MR) is 150 cm³/mol. The van der Waals surface area contributed by atoms with Crippen molar-refractivity contribution < 1.29 is 24.1 Å². The minimum Gasteiger partial charge on any atom is -0.397 e. The lowest BCUT2D eigenvalue weighted by molar-refractivity contribution is -0.119. The summed E-state index contributed by atoms with van der Waals surface area (Å²) in [5.74, 6) is -0.686. The lowest BCUT2D eigenvalue weighted by atomic mass is 9.77. The summed E-state index contributed by atoms with van der Waals surface area (Å²) in [6.07, 6.45) is 0. The highest BCUT2D eigenvalue weighted by Gasteiger charge is 2.39. The number of nitrogen functional groups attached to an aromatic ring is 1. The van der Waals surface area contributed by atoms with Crippen LogP contribution in [-0.2, 0) is 14.5 Å². The maximum absolute atomic E-state index is 12.1. The molecule has 1 atom stereocenters. The van der Waals surface area contributed by atoms with Crippen LogP contribution in [0.25, 0.3) is 0 Å². The number of nitrogens with two attached hydrogens (primary N) is 1. The largest absolute Gasteiger partial charge is 0.397 e. The molecule has 0 radical (unpaired) electrons. The number of anilines is 3. The number of benzene rings is 2. The molecule has 0 saturated carbocycles. The van der Waals surface area contributed by atoms with Gasteiger partial charge in [-0.15, -0.1) is 0 Å². The Hall–Kier alpha value is -3.63. The van der Waals surface area contributed by atoms with Crippen molar-refractivity contribution in [3.05, 3.63) is 53.1 Å². The van der Waals surface area contributed by atoms with E-state index in [-0.39, 0.29) is 34.6 Å². The Bertz CT molecular complexity index is 1180. The van der Waals surface area contributed by atoms with Gasteiger partial charge in [0.25, 0.3) is 11.8 Å². The summed E-state index contributed by atoms with van der Waals surface area (Å²) in [7, 11) is 5.98. The minimum absolute atomic E-state index is 0.0165. The van der Waals surface area contributed by atoms with E-state index in [0.717, 1.165) is 21.4 Å². The van der Waals surface area contributed by atoms with Crippen LogP contribution in [0, 0.1) is 5.41 Å². The average Bonchev–Trinajstić information content (AvgIpc) is 3.18. The number of fused-ring (bicyclic) bond motifs is 1. The van der Waals surface area contributed by atoms with Crippen LogP contribution in [0.4, 0.5) is 17.1 Å². The first-order valence-corrected chi connectivity index (χ1v) is 12.3. The number of rotatable bonds is 5. The second-order valence-electron chi connectivity index (χ2n) is 11.2. The average molecular weight is 528 g/mol. The summed E-state index contributed by atoms with van der Waals surface area (Å²) in [4.78, 5) is 45.7. The van der Waals surface area contributed by atoms with E-state index in [1.165, 1.54) is 14.2 Å². The Kier molecular flexibility index (Phi) is 9.52. The Balaban J connectivity index is 0.000000269. The van der Waals surface area contributed by atoms with Crippen LogP contribution in [-0.4, -0.2) is 61.7 Å². The summed E-state index contributed by atoms with van der Waals surface area (Å²) in [6, 6.07) is 10.5. The maximum Gasteiger partial charge on any atom is 0.277 e. The number of nitrogens with one attached hydrogen (secondary N) is 2. The third-order valence-electron chi connectivity index (χ3n) is 5.93. The van der Waals surface area contributed by atoms with Crippen molar-refractivity contribution in [1.82, 2.24) is 10.1 Å². The molecule has 0 saturated heterocycles. The first-order chi connectivity index (χ1) is 17.5. The maximum atomic E-state index is 12.1. The Morgan fingerprint density at radius 3 is 1.84 bits per heavy atom. The van der Waals surface area contributed by atoms with Crippen LogP contribution in [0.5, 0.6) is 0 Å². The van der Waals surface area contributed by atoms with Crippen LogP contribution < -0.4 is 16.4 Å². The first kappa shape index (κ1) is 30.6. The van der Waals surface area contributed by atoms with Gasteiger partial charge in [-0.3, -0.25) is 24.1 Å². The van der Waals surface area contributed by atoms with Crippen molar-refractivity contribution >= 4 is 34.8 Å². The molecule has 2 aromatic rings. The summed E-state index contributed by atoms with van der Waals surface area (Å²) in [6.45, 7) is 12.2. The zero-order chi connectivity index (χ0) is 29.0. The molecule has 0 aliphatic carbocycles. The van der Waals surface area contributed by atoms with Crippen LogP contribution in [0.3, 0.4) is 0 Å². The first-order valence-electron chi connectivity index (χ1n) is 12.3. The molecule has 208 valence electrons. The topological polar surface area (TPSA) is 126 Å². The molecule has 1 aliphatic heterocycles. The van der Waals surface area contributed by atoms with Gasteiger partial charge in [0.2, 0.25) is 5.91 Å². The third-order valence-corrected chi connectivity index (χ3v) is 5.93. The van der Waals surface area contributed by atoms with Gasteiger partial charge < -0.3 is 16.4 Å². The molecule has 3 amide bonds.